The van der Waals surface area contributed by atoms with Crippen LogP contribution in [0.5, 0.6) is 0 Å². The van der Waals surface area contributed by atoms with Crippen LogP contribution >= 0.6 is 0 Å². The van der Waals surface area contributed by atoms with E-state index in [1.807, 2.05) is 6.20 Å². The first-order valence-electron chi connectivity index (χ1n) is 5.96. The van der Waals surface area contributed by atoms with Crippen LogP contribution in [0.4, 0.5) is 0 Å². The van der Waals surface area contributed by atoms with E-state index in [0.717, 1.165) is 30.8 Å². The van der Waals surface area contributed by atoms with Crippen LogP contribution in [0, 0.1) is 0 Å². The zero-order valence-corrected chi connectivity index (χ0v) is 10.7. The molecule has 0 fully saturated rings. The van der Waals surface area contributed by atoms with Gasteiger partial charge in [-0.05, 0) is 31.7 Å². The number of aromatic nitrogens is 2. The Morgan fingerprint density at radius 1 is 1.38 bits per heavy atom. The number of hydrogen-bond donors (Lipinski definition) is 1. The molecule has 2 N–H and O–H groups in total. The topological polar surface area (TPSA) is 51.8 Å². The van der Waals surface area contributed by atoms with Gasteiger partial charge in [0.2, 0.25) is 0 Å². The predicted molar refractivity (Wildman–Crippen MR) is 65.2 cm³/mol. The Morgan fingerprint density at radius 3 is 2.69 bits per heavy atom. The van der Waals surface area contributed by atoms with Gasteiger partial charge in [0.05, 0.1) is 11.2 Å². The Hall–Kier alpha value is -0.960. The molecular formula is C13H21N3. The summed E-state index contributed by atoms with van der Waals surface area (Å²) in [5.74, 6) is 0.893. The van der Waals surface area contributed by atoms with Crippen molar-refractivity contribution in [2.75, 3.05) is 0 Å². The van der Waals surface area contributed by atoms with Crippen molar-refractivity contribution in [2.24, 2.45) is 5.73 Å². The lowest BCUT2D eigenvalue weighted by molar-refractivity contribution is 0.387. The SMILES string of the molecule is CC(C)(C)c1ncc2c(n1)C(C)(N)CCC2. The molecule has 0 radical (unpaired) electrons. The predicted octanol–water partition coefficient (Wildman–Crippen LogP) is 2.28. The van der Waals surface area contributed by atoms with E-state index in [1.54, 1.807) is 0 Å². The molecule has 1 heterocycles. The lowest BCUT2D eigenvalue weighted by atomic mass is 9.82. The third kappa shape index (κ3) is 1.96. The van der Waals surface area contributed by atoms with Gasteiger partial charge in [0, 0.05) is 11.6 Å². The Bertz CT molecular complexity index is 402. The van der Waals surface area contributed by atoms with E-state index >= 15 is 0 Å². The second-order valence-corrected chi connectivity index (χ2v) is 6.09. The molecule has 16 heavy (non-hydrogen) atoms. The molecule has 0 saturated heterocycles. The third-order valence-electron chi connectivity index (χ3n) is 3.22. The fourth-order valence-electron chi connectivity index (χ4n) is 2.21. The van der Waals surface area contributed by atoms with E-state index in [2.05, 4.69) is 32.7 Å². The summed E-state index contributed by atoms with van der Waals surface area (Å²) in [7, 11) is 0. The quantitative estimate of drug-likeness (QED) is 0.728. The monoisotopic (exact) mass is 219 g/mol. The number of rotatable bonds is 0. The highest BCUT2D eigenvalue weighted by Gasteiger charge is 2.31. The molecule has 2 rings (SSSR count). The van der Waals surface area contributed by atoms with Gasteiger partial charge in [0.25, 0.3) is 0 Å². The van der Waals surface area contributed by atoms with E-state index in [-0.39, 0.29) is 11.0 Å². The van der Waals surface area contributed by atoms with Crippen LogP contribution in [0.25, 0.3) is 0 Å². The fraction of sp³-hybridized carbons (Fsp3) is 0.692. The summed E-state index contributed by atoms with van der Waals surface area (Å²) in [6, 6.07) is 0. The van der Waals surface area contributed by atoms with Gasteiger partial charge >= 0.3 is 0 Å². The van der Waals surface area contributed by atoms with E-state index in [0.29, 0.717) is 0 Å². The second kappa shape index (κ2) is 3.52. The van der Waals surface area contributed by atoms with Crippen molar-refractivity contribution in [2.45, 2.75) is 57.9 Å². The van der Waals surface area contributed by atoms with E-state index in [1.165, 1.54) is 5.56 Å². The van der Waals surface area contributed by atoms with Crippen LogP contribution in [0.2, 0.25) is 0 Å². The van der Waals surface area contributed by atoms with Crippen LogP contribution in [-0.2, 0) is 17.4 Å². The lowest BCUT2D eigenvalue weighted by Gasteiger charge is -2.32. The minimum Gasteiger partial charge on any atom is -0.320 e. The Labute approximate surface area is 97.5 Å². The van der Waals surface area contributed by atoms with Gasteiger partial charge in [-0.15, -0.1) is 0 Å². The molecule has 1 aromatic heterocycles. The smallest absolute Gasteiger partial charge is 0.133 e. The maximum absolute atomic E-state index is 6.31. The first-order valence-corrected chi connectivity index (χ1v) is 5.96. The summed E-state index contributed by atoms with van der Waals surface area (Å²) in [5.41, 5.74) is 8.30. The van der Waals surface area contributed by atoms with Gasteiger partial charge in [0.1, 0.15) is 5.82 Å². The molecule has 0 aliphatic heterocycles. The highest BCUT2D eigenvalue weighted by atomic mass is 14.9. The van der Waals surface area contributed by atoms with Crippen molar-refractivity contribution in [3.63, 3.8) is 0 Å². The minimum absolute atomic E-state index is 0.0114. The summed E-state index contributed by atoms with van der Waals surface area (Å²) in [5, 5.41) is 0. The third-order valence-corrected chi connectivity index (χ3v) is 3.22. The molecule has 0 spiro atoms. The Morgan fingerprint density at radius 2 is 2.06 bits per heavy atom. The number of hydrogen-bond acceptors (Lipinski definition) is 3. The fourth-order valence-corrected chi connectivity index (χ4v) is 2.21. The maximum atomic E-state index is 6.31. The Kier molecular flexibility index (Phi) is 2.54. The van der Waals surface area contributed by atoms with Crippen molar-refractivity contribution in [3.05, 3.63) is 23.3 Å². The summed E-state index contributed by atoms with van der Waals surface area (Å²) in [6.07, 6.45) is 5.18. The van der Waals surface area contributed by atoms with Crippen LogP contribution in [0.15, 0.2) is 6.20 Å². The summed E-state index contributed by atoms with van der Waals surface area (Å²) < 4.78 is 0. The van der Waals surface area contributed by atoms with Crippen molar-refractivity contribution < 1.29 is 0 Å². The first kappa shape index (κ1) is 11.5. The average molecular weight is 219 g/mol. The zero-order valence-electron chi connectivity index (χ0n) is 10.7. The summed E-state index contributed by atoms with van der Waals surface area (Å²) in [6.45, 7) is 8.46. The largest absolute Gasteiger partial charge is 0.320 e. The highest BCUT2D eigenvalue weighted by Crippen LogP contribution is 2.32. The van der Waals surface area contributed by atoms with Gasteiger partial charge in [-0.3, -0.25) is 0 Å². The van der Waals surface area contributed by atoms with Crippen LogP contribution < -0.4 is 5.73 Å². The molecule has 0 aromatic carbocycles. The molecular weight excluding hydrogens is 198 g/mol. The molecule has 0 bridgehead atoms. The standard InChI is InChI=1S/C13H21N3/c1-12(2,3)11-15-8-9-6-5-7-13(4,14)10(9)16-11/h8H,5-7,14H2,1-4H3. The molecule has 1 aromatic rings. The van der Waals surface area contributed by atoms with Gasteiger partial charge in [-0.2, -0.15) is 0 Å². The maximum Gasteiger partial charge on any atom is 0.133 e. The van der Waals surface area contributed by atoms with Crippen LogP contribution in [0.3, 0.4) is 0 Å². The average Bonchev–Trinajstić information content (AvgIpc) is 2.15. The van der Waals surface area contributed by atoms with Gasteiger partial charge in [0.15, 0.2) is 0 Å². The Balaban J connectivity index is 2.52. The summed E-state index contributed by atoms with van der Waals surface area (Å²) in [4.78, 5) is 9.16. The molecule has 1 atom stereocenters. The molecule has 0 amide bonds. The normalized spacial score (nSPS) is 25.3. The molecule has 0 saturated carbocycles. The van der Waals surface area contributed by atoms with E-state index in [4.69, 9.17) is 10.7 Å². The van der Waals surface area contributed by atoms with Crippen molar-refractivity contribution in [1.82, 2.24) is 9.97 Å². The minimum atomic E-state index is -0.281. The highest BCUT2D eigenvalue weighted by molar-refractivity contribution is 5.28. The van der Waals surface area contributed by atoms with Crippen LogP contribution in [-0.4, -0.2) is 9.97 Å². The summed E-state index contributed by atoms with van der Waals surface area (Å²) >= 11 is 0. The number of nitrogens with zero attached hydrogens (tertiary/aromatic N) is 2. The van der Waals surface area contributed by atoms with E-state index in [9.17, 15) is 0 Å². The molecule has 1 aliphatic carbocycles. The molecule has 1 aliphatic rings. The number of aryl methyl sites for hydroxylation is 1. The first-order chi connectivity index (χ1) is 7.31. The van der Waals surface area contributed by atoms with Crippen molar-refractivity contribution >= 4 is 0 Å². The van der Waals surface area contributed by atoms with Gasteiger partial charge in [-0.25, -0.2) is 9.97 Å². The van der Waals surface area contributed by atoms with Gasteiger partial charge in [-0.1, -0.05) is 20.8 Å². The molecule has 1 unspecified atom stereocenters. The molecule has 88 valence electrons. The van der Waals surface area contributed by atoms with Gasteiger partial charge < -0.3 is 5.73 Å². The second-order valence-electron chi connectivity index (χ2n) is 6.09. The molecule has 3 heteroatoms. The zero-order chi connectivity index (χ0) is 12.0. The van der Waals surface area contributed by atoms with Crippen molar-refractivity contribution in [3.8, 4) is 0 Å². The molecule has 3 nitrogen and oxygen atoms in total. The van der Waals surface area contributed by atoms with E-state index < -0.39 is 0 Å². The van der Waals surface area contributed by atoms with Crippen LogP contribution in [0.1, 0.15) is 57.6 Å². The number of nitrogens with two attached hydrogens (primary N) is 1. The number of fused-ring (bicyclic) bond motifs is 1. The van der Waals surface area contributed by atoms with Crippen molar-refractivity contribution in [1.29, 1.82) is 0 Å². The lowest BCUT2D eigenvalue weighted by Crippen LogP contribution is -2.39.